The Bertz CT molecular complexity index is 528. The number of amides is 2. The smallest absolute Gasteiger partial charge is 0.230 e. The van der Waals surface area contributed by atoms with Gasteiger partial charge in [-0.25, -0.2) is 4.98 Å². The zero-order chi connectivity index (χ0) is 16.2. The van der Waals surface area contributed by atoms with Crippen LogP contribution in [-0.2, 0) is 9.59 Å². The summed E-state index contributed by atoms with van der Waals surface area (Å²) in [5.74, 6) is 0.393. The zero-order valence-electron chi connectivity index (χ0n) is 13.3. The van der Waals surface area contributed by atoms with E-state index < -0.39 is 0 Å². The third-order valence-electron chi connectivity index (χ3n) is 3.23. The number of nitrogens with one attached hydrogen (secondary N) is 1. The predicted molar refractivity (Wildman–Crippen MR) is 87.5 cm³/mol. The molecular formula is C16H23N3O2S. The highest BCUT2D eigenvalue weighted by molar-refractivity contribution is 7.99. The second-order valence-electron chi connectivity index (χ2n) is 6.76. The third kappa shape index (κ3) is 5.33. The van der Waals surface area contributed by atoms with Gasteiger partial charge in [-0.1, -0.05) is 38.6 Å². The van der Waals surface area contributed by atoms with E-state index in [4.69, 9.17) is 0 Å². The van der Waals surface area contributed by atoms with Crippen LogP contribution in [0, 0.1) is 5.41 Å². The fraction of sp³-hybridized carbons (Fsp3) is 0.562. The summed E-state index contributed by atoms with van der Waals surface area (Å²) in [6.07, 6.45) is 2.11. The van der Waals surface area contributed by atoms with Crippen molar-refractivity contribution in [3.05, 3.63) is 24.4 Å². The molecule has 2 rings (SSSR count). The molecule has 1 atom stereocenters. The molecule has 0 saturated carbocycles. The summed E-state index contributed by atoms with van der Waals surface area (Å²) >= 11 is 1.40. The van der Waals surface area contributed by atoms with Crippen LogP contribution in [0.15, 0.2) is 29.4 Å². The molecule has 22 heavy (non-hydrogen) atoms. The summed E-state index contributed by atoms with van der Waals surface area (Å²) in [5, 5.41) is 3.77. The van der Waals surface area contributed by atoms with E-state index in [0.29, 0.717) is 18.7 Å². The highest BCUT2D eigenvalue weighted by Crippen LogP contribution is 2.20. The Morgan fingerprint density at radius 3 is 2.86 bits per heavy atom. The average molecular weight is 321 g/mol. The van der Waals surface area contributed by atoms with Crippen LogP contribution in [-0.4, -0.2) is 46.6 Å². The minimum absolute atomic E-state index is 0.0499. The number of rotatable bonds is 5. The van der Waals surface area contributed by atoms with Gasteiger partial charge in [-0.15, -0.1) is 0 Å². The number of hydrogen-bond donors (Lipinski definition) is 1. The van der Waals surface area contributed by atoms with Crippen molar-refractivity contribution >= 4 is 23.6 Å². The van der Waals surface area contributed by atoms with E-state index in [1.54, 1.807) is 6.20 Å². The first-order valence-corrected chi connectivity index (χ1v) is 8.43. The first-order valence-electron chi connectivity index (χ1n) is 7.44. The van der Waals surface area contributed by atoms with Gasteiger partial charge in [0, 0.05) is 25.7 Å². The molecule has 6 heteroatoms. The molecule has 1 saturated heterocycles. The number of nitrogens with zero attached hydrogens (tertiary/aromatic N) is 2. The fourth-order valence-corrected chi connectivity index (χ4v) is 3.11. The number of thioether (sulfide) groups is 1. The average Bonchev–Trinajstić information content (AvgIpc) is 2.75. The highest BCUT2D eigenvalue weighted by Gasteiger charge is 2.32. The molecule has 5 nitrogen and oxygen atoms in total. The maximum atomic E-state index is 12.0. The van der Waals surface area contributed by atoms with E-state index >= 15 is 0 Å². The van der Waals surface area contributed by atoms with Crippen molar-refractivity contribution in [2.75, 3.05) is 18.8 Å². The van der Waals surface area contributed by atoms with Crippen molar-refractivity contribution in [1.29, 1.82) is 0 Å². The van der Waals surface area contributed by atoms with Crippen molar-refractivity contribution in [1.82, 2.24) is 15.2 Å². The van der Waals surface area contributed by atoms with Gasteiger partial charge in [-0.3, -0.25) is 9.59 Å². The minimum Gasteiger partial charge on any atom is -0.350 e. The normalized spacial score (nSPS) is 18.6. The lowest BCUT2D eigenvalue weighted by Crippen LogP contribution is -2.39. The molecule has 1 aliphatic heterocycles. The highest BCUT2D eigenvalue weighted by atomic mass is 32.2. The van der Waals surface area contributed by atoms with E-state index in [1.165, 1.54) is 11.8 Å². The maximum Gasteiger partial charge on any atom is 0.230 e. The summed E-state index contributed by atoms with van der Waals surface area (Å²) in [6.45, 7) is 7.65. The zero-order valence-corrected chi connectivity index (χ0v) is 14.2. The first-order chi connectivity index (χ1) is 10.3. The fourth-order valence-electron chi connectivity index (χ4n) is 2.44. The number of aromatic nitrogens is 1. The largest absolute Gasteiger partial charge is 0.350 e. The molecule has 0 aliphatic carbocycles. The van der Waals surface area contributed by atoms with Gasteiger partial charge in [0.2, 0.25) is 11.8 Å². The quantitative estimate of drug-likeness (QED) is 0.842. The third-order valence-corrected chi connectivity index (χ3v) is 4.18. The van der Waals surface area contributed by atoms with Crippen LogP contribution in [0.2, 0.25) is 0 Å². The second kappa shape index (κ2) is 7.13. The van der Waals surface area contributed by atoms with E-state index in [-0.39, 0.29) is 23.3 Å². The lowest BCUT2D eigenvalue weighted by molar-refractivity contribution is -0.128. The standard InChI is InChI=1S/C16H23N3O2S/c1-16(2,3)11-19-9-12(8-15(19)21)18-13(20)10-22-14-6-4-5-7-17-14/h4-7,12H,8-11H2,1-3H3,(H,18,20)/t12-/m0/s1. The van der Waals surface area contributed by atoms with Gasteiger partial charge in [0.15, 0.2) is 0 Å². The molecule has 0 unspecified atom stereocenters. The van der Waals surface area contributed by atoms with Gasteiger partial charge in [0.25, 0.3) is 0 Å². The first kappa shape index (κ1) is 16.8. The van der Waals surface area contributed by atoms with Gasteiger partial charge in [-0.05, 0) is 17.5 Å². The van der Waals surface area contributed by atoms with Gasteiger partial charge >= 0.3 is 0 Å². The van der Waals surface area contributed by atoms with Crippen LogP contribution < -0.4 is 5.32 Å². The molecule has 1 fully saturated rings. The topological polar surface area (TPSA) is 62.3 Å². The van der Waals surface area contributed by atoms with Crippen molar-refractivity contribution in [2.45, 2.75) is 38.3 Å². The number of carbonyl (C=O) groups is 2. The van der Waals surface area contributed by atoms with Crippen LogP contribution >= 0.6 is 11.8 Å². The van der Waals surface area contributed by atoms with Crippen molar-refractivity contribution in [3.8, 4) is 0 Å². The molecule has 0 radical (unpaired) electrons. The molecule has 120 valence electrons. The number of pyridine rings is 1. The van der Waals surface area contributed by atoms with Gasteiger partial charge in [-0.2, -0.15) is 0 Å². The number of likely N-dealkylation sites (tertiary alicyclic amines) is 1. The Hall–Kier alpha value is -1.56. The van der Waals surface area contributed by atoms with E-state index in [0.717, 1.165) is 11.6 Å². The molecule has 2 heterocycles. The SMILES string of the molecule is CC(C)(C)CN1C[C@@H](NC(=O)CSc2ccccn2)CC1=O. The lowest BCUT2D eigenvalue weighted by atomic mass is 9.96. The van der Waals surface area contributed by atoms with E-state index in [9.17, 15) is 9.59 Å². The molecule has 0 bridgehead atoms. The monoisotopic (exact) mass is 321 g/mol. The Balaban J connectivity index is 1.77. The van der Waals surface area contributed by atoms with Gasteiger partial charge < -0.3 is 10.2 Å². The van der Waals surface area contributed by atoms with E-state index in [1.807, 2.05) is 23.1 Å². The summed E-state index contributed by atoms with van der Waals surface area (Å²) in [7, 11) is 0. The van der Waals surface area contributed by atoms with Gasteiger partial charge in [0.05, 0.1) is 16.8 Å². The van der Waals surface area contributed by atoms with Crippen LogP contribution in [0.5, 0.6) is 0 Å². The van der Waals surface area contributed by atoms with Crippen LogP contribution in [0.3, 0.4) is 0 Å². The van der Waals surface area contributed by atoms with Crippen molar-refractivity contribution in [2.24, 2.45) is 5.41 Å². The second-order valence-corrected chi connectivity index (χ2v) is 7.76. The summed E-state index contributed by atoms with van der Waals surface area (Å²) < 4.78 is 0. The van der Waals surface area contributed by atoms with E-state index in [2.05, 4.69) is 31.1 Å². The van der Waals surface area contributed by atoms with Crippen molar-refractivity contribution in [3.63, 3.8) is 0 Å². The number of hydrogen-bond acceptors (Lipinski definition) is 4. The van der Waals surface area contributed by atoms with Crippen LogP contribution in [0.1, 0.15) is 27.2 Å². The Morgan fingerprint density at radius 1 is 1.45 bits per heavy atom. The predicted octanol–water partition coefficient (Wildman–Crippen LogP) is 1.94. The molecule has 0 aromatic carbocycles. The van der Waals surface area contributed by atoms with Crippen molar-refractivity contribution < 1.29 is 9.59 Å². The Labute approximate surface area is 135 Å². The summed E-state index contributed by atoms with van der Waals surface area (Å²) in [4.78, 5) is 30.0. The number of carbonyl (C=O) groups excluding carboxylic acids is 2. The lowest BCUT2D eigenvalue weighted by Gasteiger charge is -2.26. The van der Waals surface area contributed by atoms with Crippen LogP contribution in [0.4, 0.5) is 0 Å². The molecular weight excluding hydrogens is 298 g/mol. The van der Waals surface area contributed by atoms with Crippen LogP contribution in [0.25, 0.3) is 0 Å². The Morgan fingerprint density at radius 2 is 2.23 bits per heavy atom. The van der Waals surface area contributed by atoms with Gasteiger partial charge in [0.1, 0.15) is 0 Å². The molecule has 1 N–H and O–H groups in total. The summed E-state index contributed by atoms with van der Waals surface area (Å²) in [5.41, 5.74) is 0.0728. The Kier molecular flexibility index (Phi) is 5.45. The molecule has 1 aromatic rings. The maximum absolute atomic E-state index is 12.0. The molecule has 0 spiro atoms. The summed E-state index contributed by atoms with van der Waals surface area (Å²) in [6, 6.07) is 5.54. The molecule has 2 amide bonds. The molecule has 1 aromatic heterocycles. The molecule has 1 aliphatic rings. The minimum atomic E-state index is -0.0771.